The Hall–Kier alpha value is -1.42. The number of halogens is 1. The van der Waals surface area contributed by atoms with E-state index < -0.39 is 0 Å². The number of rotatable bonds is 3. The summed E-state index contributed by atoms with van der Waals surface area (Å²) in [4.78, 5) is 8.40. The minimum Gasteiger partial charge on any atom is -0.496 e. The zero-order valence-electron chi connectivity index (χ0n) is 10.6. The Balaban J connectivity index is 2.50. The predicted octanol–water partition coefficient (Wildman–Crippen LogP) is 4.04. The van der Waals surface area contributed by atoms with Crippen LogP contribution in [0.2, 0.25) is 0 Å². The van der Waals surface area contributed by atoms with Gasteiger partial charge in [-0.3, -0.25) is 0 Å². The van der Waals surface area contributed by atoms with Crippen LogP contribution in [0.1, 0.15) is 25.3 Å². The highest BCUT2D eigenvalue weighted by atomic mass is 79.9. The fraction of sp³-hybridized carbons (Fsp3) is 0.286. The summed E-state index contributed by atoms with van der Waals surface area (Å²) in [5, 5.41) is 0. The summed E-state index contributed by atoms with van der Waals surface area (Å²) >= 11 is 3.29. The molecule has 0 unspecified atom stereocenters. The first-order valence-electron chi connectivity index (χ1n) is 5.78. The Bertz CT molecular complexity index is 555. The summed E-state index contributed by atoms with van der Waals surface area (Å²) in [5.41, 5.74) is 3.16. The van der Waals surface area contributed by atoms with Crippen LogP contribution in [0.4, 0.5) is 0 Å². The van der Waals surface area contributed by atoms with Gasteiger partial charge in [-0.2, -0.15) is 0 Å². The number of aromatic nitrogens is 2. The van der Waals surface area contributed by atoms with Crippen molar-refractivity contribution in [2.75, 3.05) is 7.11 Å². The minimum atomic E-state index is 0.408. The van der Waals surface area contributed by atoms with E-state index >= 15 is 0 Å². The van der Waals surface area contributed by atoms with Crippen molar-refractivity contribution < 1.29 is 4.74 Å². The van der Waals surface area contributed by atoms with Gasteiger partial charge in [-0.1, -0.05) is 13.8 Å². The fourth-order valence-electron chi connectivity index (χ4n) is 1.84. The molecule has 0 radical (unpaired) electrons. The third-order valence-corrected chi connectivity index (χ3v) is 3.16. The van der Waals surface area contributed by atoms with Crippen molar-refractivity contribution in [1.82, 2.24) is 9.97 Å². The van der Waals surface area contributed by atoms with E-state index in [0.29, 0.717) is 10.7 Å². The van der Waals surface area contributed by atoms with Gasteiger partial charge in [0.2, 0.25) is 0 Å². The maximum absolute atomic E-state index is 5.38. The van der Waals surface area contributed by atoms with Crippen molar-refractivity contribution >= 4 is 15.9 Å². The van der Waals surface area contributed by atoms with E-state index in [2.05, 4.69) is 45.8 Å². The summed E-state index contributed by atoms with van der Waals surface area (Å²) < 4.78 is 5.98. The van der Waals surface area contributed by atoms with Crippen molar-refractivity contribution in [1.29, 1.82) is 0 Å². The van der Waals surface area contributed by atoms with Gasteiger partial charge in [0.1, 0.15) is 5.75 Å². The second-order valence-electron chi connectivity index (χ2n) is 4.32. The first-order valence-corrected chi connectivity index (χ1v) is 6.58. The van der Waals surface area contributed by atoms with Crippen LogP contribution in [0.3, 0.4) is 0 Å². The molecule has 0 bridgehead atoms. The molecule has 0 aliphatic rings. The fourth-order valence-corrected chi connectivity index (χ4v) is 2.15. The van der Waals surface area contributed by atoms with E-state index in [1.165, 1.54) is 5.56 Å². The zero-order valence-corrected chi connectivity index (χ0v) is 12.2. The minimum absolute atomic E-state index is 0.408. The van der Waals surface area contributed by atoms with Gasteiger partial charge in [-0.15, -0.1) is 0 Å². The molecule has 1 aromatic heterocycles. The molecule has 2 aromatic rings. The largest absolute Gasteiger partial charge is 0.496 e. The molecule has 0 saturated heterocycles. The quantitative estimate of drug-likeness (QED) is 0.803. The maximum Gasteiger partial charge on any atom is 0.197 e. The molecule has 0 spiro atoms. The summed E-state index contributed by atoms with van der Waals surface area (Å²) in [6.07, 6.45) is 1.74. The lowest BCUT2D eigenvalue weighted by atomic mass is 9.98. The van der Waals surface area contributed by atoms with Gasteiger partial charge >= 0.3 is 0 Å². The third kappa shape index (κ3) is 2.70. The van der Waals surface area contributed by atoms with Crippen LogP contribution in [-0.4, -0.2) is 17.1 Å². The number of ether oxygens (including phenoxy) is 1. The lowest BCUT2D eigenvalue weighted by Gasteiger charge is -2.13. The summed E-state index contributed by atoms with van der Waals surface area (Å²) in [6, 6.07) is 8.02. The smallest absolute Gasteiger partial charge is 0.197 e. The van der Waals surface area contributed by atoms with E-state index in [-0.39, 0.29) is 0 Å². The van der Waals surface area contributed by atoms with Crippen LogP contribution in [0.5, 0.6) is 5.75 Å². The van der Waals surface area contributed by atoms with Gasteiger partial charge in [-0.05, 0) is 51.7 Å². The van der Waals surface area contributed by atoms with Crippen molar-refractivity contribution in [3.8, 4) is 17.0 Å². The van der Waals surface area contributed by atoms with Crippen LogP contribution in [0.25, 0.3) is 11.3 Å². The van der Waals surface area contributed by atoms with Gasteiger partial charge in [0, 0.05) is 11.8 Å². The van der Waals surface area contributed by atoms with E-state index in [1.807, 2.05) is 18.2 Å². The molecule has 0 amide bonds. The highest BCUT2D eigenvalue weighted by molar-refractivity contribution is 9.10. The lowest BCUT2D eigenvalue weighted by molar-refractivity contribution is 0.407. The molecule has 0 N–H and O–H groups in total. The number of hydrogen-bond acceptors (Lipinski definition) is 3. The first-order chi connectivity index (χ1) is 8.61. The molecule has 1 aromatic carbocycles. The molecule has 94 valence electrons. The number of nitrogens with zero attached hydrogens (tertiary/aromatic N) is 2. The molecule has 0 saturated carbocycles. The molecule has 3 nitrogen and oxygen atoms in total. The predicted molar refractivity (Wildman–Crippen MR) is 75.8 cm³/mol. The van der Waals surface area contributed by atoms with Crippen LogP contribution < -0.4 is 4.74 Å². The van der Waals surface area contributed by atoms with E-state index in [4.69, 9.17) is 4.74 Å². The van der Waals surface area contributed by atoms with E-state index in [9.17, 15) is 0 Å². The molecular formula is C14H15BrN2O. The molecule has 4 heteroatoms. The Morgan fingerprint density at radius 1 is 1.22 bits per heavy atom. The third-order valence-electron chi connectivity index (χ3n) is 2.77. The second-order valence-corrected chi connectivity index (χ2v) is 5.03. The Morgan fingerprint density at radius 2 is 2.00 bits per heavy atom. The number of methoxy groups -OCH3 is 1. The summed E-state index contributed by atoms with van der Waals surface area (Å²) in [6.45, 7) is 4.30. The number of benzene rings is 1. The highest BCUT2D eigenvalue weighted by Gasteiger charge is 2.10. The topological polar surface area (TPSA) is 35.0 Å². The molecule has 0 aliphatic carbocycles. The standard InChI is InChI=1S/C14H15BrN2O/c1-9(2)11-8-10(4-5-13(11)18-3)12-6-7-16-14(15)17-12/h4-9H,1-3H3. The maximum atomic E-state index is 5.38. The second kappa shape index (κ2) is 5.48. The van der Waals surface area contributed by atoms with Crippen molar-refractivity contribution in [2.24, 2.45) is 0 Å². The lowest BCUT2D eigenvalue weighted by Crippen LogP contribution is -1.95. The van der Waals surface area contributed by atoms with Gasteiger partial charge in [0.05, 0.1) is 12.8 Å². The summed E-state index contributed by atoms with van der Waals surface area (Å²) in [7, 11) is 1.70. The Morgan fingerprint density at radius 3 is 2.61 bits per heavy atom. The average Bonchev–Trinajstić information content (AvgIpc) is 2.38. The van der Waals surface area contributed by atoms with Gasteiger partial charge in [0.15, 0.2) is 4.73 Å². The van der Waals surface area contributed by atoms with Crippen LogP contribution in [0.15, 0.2) is 35.2 Å². The Kier molecular flexibility index (Phi) is 3.97. The monoisotopic (exact) mass is 306 g/mol. The van der Waals surface area contributed by atoms with Gasteiger partial charge in [0.25, 0.3) is 0 Å². The average molecular weight is 307 g/mol. The first kappa shape index (κ1) is 13.0. The number of hydrogen-bond donors (Lipinski definition) is 0. The SMILES string of the molecule is COc1ccc(-c2ccnc(Br)n2)cc1C(C)C. The normalized spacial score (nSPS) is 10.7. The molecule has 18 heavy (non-hydrogen) atoms. The molecule has 1 heterocycles. The molecule has 0 aliphatic heterocycles. The molecule has 0 fully saturated rings. The van der Waals surface area contributed by atoms with Gasteiger partial charge in [-0.25, -0.2) is 9.97 Å². The van der Waals surface area contributed by atoms with E-state index in [1.54, 1.807) is 13.3 Å². The summed E-state index contributed by atoms with van der Waals surface area (Å²) in [5.74, 6) is 1.33. The van der Waals surface area contributed by atoms with Crippen molar-refractivity contribution in [3.63, 3.8) is 0 Å². The zero-order chi connectivity index (χ0) is 13.1. The molecule has 0 atom stereocenters. The Labute approximate surface area is 115 Å². The van der Waals surface area contributed by atoms with Crippen LogP contribution in [0, 0.1) is 0 Å². The van der Waals surface area contributed by atoms with Crippen molar-refractivity contribution in [3.05, 3.63) is 40.8 Å². The highest BCUT2D eigenvalue weighted by Crippen LogP contribution is 2.30. The van der Waals surface area contributed by atoms with Crippen LogP contribution >= 0.6 is 15.9 Å². The van der Waals surface area contributed by atoms with E-state index in [0.717, 1.165) is 17.0 Å². The van der Waals surface area contributed by atoms with Crippen molar-refractivity contribution in [2.45, 2.75) is 19.8 Å². The van der Waals surface area contributed by atoms with Crippen LogP contribution in [-0.2, 0) is 0 Å². The molecule has 2 rings (SSSR count). The molecular weight excluding hydrogens is 292 g/mol. The van der Waals surface area contributed by atoms with Gasteiger partial charge < -0.3 is 4.74 Å².